The van der Waals surface area contributed by atoms with Crippen LogP contribution in [0.3, 0.4) is 0 Å². The quantitative estimate of drug-likeness (QED) is 0.685. The monoisotopic (exact) mass is 328 g/mol. The Morgan fingerprint density at radius 3 is 2.67 bits per heavy atom. The molecule has 0 aliphatic carbocycles. The molecule has 0 saturated heterocycles. The second-order valence-corrected chi connectivity index (χ2v) is 5.84. The van der Waals surface area contributed by atoms with Crippen molar-refractivity contribution in [1.82, 2.24) is 9.78 Å². The van der Waals surface area contributed by atoms with Crippen molar-refractivity contribution in [1.29, 1.82) is 0 Å². The van der Waals surface area contributed by atoms with Gasteiger partial charge in [-0.2, -0.15) is 5.10 Å². The molecular weight excluding hydrogens is 308 g/mol. The Hall–Kier alpha value is -2.76. The van der Waals surface area contributed by atoms with Crippen molar-refractivity contribution in [2.75, 3.05) is 0 Å². The minimum Gasteiger partial charge on any atom is -0.487 e. The molecule has 0 bridgehead atoms. The zero-order valence-corrected chi connectivity index (χ0v) is 14.5. The number of ether oxygens (including phenoxy) is 2. The van der Waals surface area contributed by atoms with Gasteiger partial charge in [0.1, 0.15) is 23.7 Å². The number of carbonyl (C=O) groups excluding carboxylic acids is 1. The summed E-state index contributed by atoms with van der Waals surface area (Å²) in [4.78, 5) is 11.3. The summed E-state index contributed by atoms with van der Waals surface area (Å²) in [6, 6.07) is 5.70. The molecule has 0 N–H and O–H groups in total. The molecule has 3 aromatic rings. The number of rotatable bonds is 4. The minimum atomic E-state index is -0.370. The average Bonchev–Trinajstić information content (AvgIpc) is 2.99. The van der Waals surface area contributed by atoms with Crippen molar-refractivity contribution in [3.05, 3.63) is 40.9 Å². The molecule has 2 aromatic heterocycles. The lowest BCUT2D eigenvalue weighted by atomic mass is 10.1. The largest absolute Gasteiger partial charge is 0.487 e. The lowest BCUT2D eigenvalue weighted by Crippen LogP contribution is -2.04. The zero-order chi connectivity index (χ0) is 17.4. The van der Waals surface area contributed by atoms with Gasteiger partial charge in [-0.25, -0.2) is 0 Å². The van der Waals surface area contributed by atoms with Gasteiger partial charge in [0.05, 0.1) is 16.8 Å². The maximum atomic E-state index is 11.3. The predicted molar refractivity (Wildman–Crippen MR) is 89.3 cm³/mol. The molecule has 0 aliphatic rings. The molecule has 126 valence electrons. The molecule has 3 rings (SSSR count). The number of aryl methyl sites for hydroxylation is 4. The van der Waals surface area contributed by atoms with E-state index in [0.29, 0.717) is 23.7 Å². The van der Waals surface area contributed by atoms with E-state index in [-0.39, 0.29) is 5.97 Å². The van der Waals surface area contributed by atoms with Crippen LogP contribution in [0.4, 0.5) is 0 Å². The molecule has 2 heterocycles. The van der Waals surface area contributed by atoms with Crippen LogP contribution in [0.25, 0.3) is 11.0 Å². The van der Waals surface area contributed by atoms with Crippen LogP contribution in [-0.2, 0) is 18.4 Å². The van der Waals surface area contributed by atoms with E-state index in [0.717, 1.165) is 28.1 Å². The highest BCUT2D eigenvalue weighted by atomic mass is 16.5. The first kappa shape index (κ1) is 16.1. The summed E-state index contributed by atoms with van der Waals surface area (Å²) >= 11 is 0. The summed E-state index contributed by atoms with van der Waals surface area (Å²) in [6.07, 6.45) is 0. The number of furan rings is 1. The molecule has 0 radical (unpaired) electrons. The molecule has 0 unspecified atom stereocenters. The van der Waals surface area contributed by atoms with Crippen molar-refractivity contribution < 1.29 is 18.7 Å². The zero-order valence-electron chi connectivity index (χ0n) is 14.5. The van der Waals surface area contributed by atoms with Gasteiger partial charge in [0, 0.05) is 19.5 Å². The van der Waals surface area contributed by atoms with E-state index in [1.165, 1.54) is 6.92 Å². The topological polar surface area (TPSA) is 66.5 Å². The van der Waals surface area contributed by atoms with Gasteiger partial charge in [-0.3, -0.25) is 9.48 Å². The summed E-state index contributed by atoms with van der Waals surface area (Å²) < 4.78 is 18.8. The van der Waals surface area contributed by atoms with Gasteiger partial charge in [0.2, 0.25) is 0 Å². The maximum Gasteiger partial charge on any atom is 0.308 e. The molecule has 0 fully saturated rings. The third kappa shape index (κ3) is 2.87. The number of nitrogens with zero attached hydrogens (tertiary/aromatic N) is 2. The van der Waals surface area contributed by atoms with Gasteiger partial charge in [-0.1, -0.05) is 0 Å². The van der Waals surface area contributed by atoms with E-state index in [1.807, 2.05) is 39.1 Å². The van der Waals surface area contributed by atoms with Crippen LogP contribution in [-0.4, -0.2) is 15.7 Å². The summed E-state index contributed by atoms with van der Waals surface area (Å²) in [6.45, 7) is 7.44. The second kappa shape index (κ2) is 6.03. The van der Waals surface area contributed by atoms with E-state index in [2.05, 4.69) is 5.10 Å². The fourth-order valence-corrected chi connectivity index (χ4v) is 2.75. The van der Waals surface area contributed by atoms with Crippen LogP contribution in [0.5, 0.6) is 11.5 Å². The van der Waals surface area contributed by atoms with Gasteiger partial charge in [0.25, 0.3) is 0 Å². The third-order valence-electron chi connectivity index (χ3n) is 3.90. The van der Waals surface area contributed by atoms with Crippen molar-refractivity contribution >= 4 is 16.9 Å². The Labute approximate surface area is 140 Å². The summed E-state index contributed by atoms with van der Waals surface area (Å²) in [5.41, 5.74) is 3.48. The van der Waals surface area contributed by atoms with Crippen LogP contribution in [0, 0.1) is 20.8 Å². The van der Waals surface area contributed by atoms with E-state index in [9.17, 15) is 4.79 Å². The minimum absolute atomic E-state index is 0.370. The normalized spacial score (nSPS) is 11.0. The average molecular weight is 328 g/mol. The summed E-state index contributed by atoms with van der Waals surface area (Å²) in [5.74, 6) is 1.40. The molecule has 0 amide bonds. The van der Waals surface area contributed by atoms with Crippen LogP contribution < -0.4 is 9.47 Å². The summed E-state index contributed by atoms with van der Waals surface area (Å²) in [7, 11) is 1.89. The molecule has 0 saturated carbocycles. The Balaban J connectivity index is 1.91. The molecule has 6 nitrogen and oxygen atoms in total. The van der Waals surface area contributed by atoms with Crippen LogP contribution in [0.15, 0.2) is 22.6 Å². The van der Waals surface area contributed by atoms with Crippen LogP contribution >= 0.6 is 0 Å². The highest BCUT2D eigenvalue weighted by Gasteiger charge is 2.18. The lowest BCUT2D eigenvalue weighted by molar-refractivity contribution is -0.131. The first-order valence-corrected chi connectivity index (χ1v) is 7.70. The van der Waals surface area contributed by atoms with Crippen molar-refractivity contribution in [2.45, 2.75) is 34.3 Å². The Morgan fingerprint density at radius 2 is 2.04 bits per heavy atom. The molecule has 0 spiro atoms. The van der Waals surface area contributed by atoms with Gasteiger partial charge in [-0.15, -0.1) is 0 Å². The SMILES string of the molecule is CC(=O)Oc1c(C)oc2c(C)c(OCc3cc(C)nn3C)ccc12. The Kier molecular flexibility index (Phi) is 4.05. The first-order chi connectivity index (χ1) is 11.4. The van der Waals surface area contributed by atoms with Gasteiger partial charge < -0.3 is 13.9 Å². The lowest BCUT2D eigenvalue weighted by Gasteiger charge is -2.09. The summed E-state index contributed by atoms with van der Waals surface area (Å²) in [5, 5.41) is 5.08. The third-order valence-corrected chi connectivity index (χ3v) is 3.90. The Morgan fingerprint density at radius 1 is 1.29 bits per heavy atom. The molecular formula is C18H20N2O4. The molecule has 1 aromatic carbocycles. The molecule has 6 heteroatoms. The van der Waals surface area contributed by atoms with Crippen molar-refractivity contribution in [2.24, 2.45) is 7.05 Å². The maximum absolute atomic E-state index is 11.3. The predicted octanol–water partition coefficient (Wildman–Crippen LogP) is 3.60. The number of benzene rings is 1. The molecule has 0 aliphatic heterocycles. The number of fused-ring (bicyclic) bond motifs is 1. The highest BCUT2D eigenvalue weighted by Crippen LogP contribution is 2.38. The van der Waals surface area contributed by atoms with Crippen LogP contribution in [0.2, 0.25) is 0 Å². The highest BCUT2D eigenvalue weighted by molar-refractivity contribution is 5.91. The van der Waals surface area contributed by atoms with E-state index < -0.39 is 0 Å². The Bertz CT molecular complexity index is 921. The van der Waals surface area contributed by atoms with Gasteiger partial charge in [-0.05, 0) is 39.0 Å². The van der Waals surface area contributed by atoms with Gasteiger partial charge in [0.15, 0.2) is 5.75 Å². The number of hydrogen-bond acceptors (Lipinski definition) is 5. The number of esters is 1. The smallest absolute Gasteiger partial charge is 0.308 e. The fraction of sp³-hybridized carbons (Fsp3) is 0.333. The standard InChI is InChI=1S/C18H20N2O4/c1-10-8-14(20(5)19-10)9-22-16-7-6-15-17(11(16)2)23-12(3)18(15)24-13(4)21/h6-8H,9H2,1-5H3. The van der Waals surface area contributed by atoms with Gasteiger partial charge >= 0.3 is 5.97 Å². The van der Waals surface area contributed by atoms with Crippen molar-refractivity contribution in [3.8, 4) is 11.5 Å². The fourth-order valence-electron chi connectivity index (χ4n) is 2.75. The number of aromatic nitrogens is 2. The van der Waals surface area contributed by atoms with E-state index in [1.54, 1.807) is 11.6 Å². The number of carbonyl (C=O) groups is 1. The second-order valence-electron chi connectivity index (χ2n) is 5.84. The molecule has 0 atom stereocenters. The first-order valence-electron chi connectivity index (χ1n) is 7.70. The van der Waals surface area contributed by atoms with Crippen molar-refractivity contribution in [3.63, 3.8) is 0 Å². The van der Waals surface area contributed by atoms with E-state index in [4.69, 9.17) is 13.9 Å². The van der Waals surface area contributed by atoms with Crippen LogP contribution in [0.1, 0.15) is 29.6 Å². The number of hydrogen-bond donors (Lipinski definition) is 0. The molecule has 24 heavy (non-hydrogen) atoms. The van der Waals surface area contributed by atoms with E-state index >= 15 is 0 Å².